The third-order valence-electron chi connectivity index (χ3n) is 3.18. The number of morpholine rings is 1. The number of hydrogen-bond acceptors (Lipinski definition) is 5. The van der Waals surface area contributed by atoms with Crippen molar-refractivity contribution in [3.8, 4) is 0 Å². The molecule has 1 aliphatic rings. The van der Waals surface area contributed by atoms with E-state index in [-0.39, 0.29) is 17.7 Å². The quantitative estimate of drug-likeness (QED) is 0.796. The van der Waals surface area contributed by atoms with Gasteiger partial charge < -0.3 is 9.47 Å². The van der Waals surface area contributed by atoms with E-state index in [1.54, 1.807) is 14.2 Å². The zero-order valence-corrected chi connectivity index (χ0v) is 13.1. The summed E-state index contributed by atoms with van der Waals surface area (Å²) < 4.78 is 39.1. The van der Waals surface area contributed by atoms with Crippen LogP contribution in [0.2, 0.25) is 0 Å². The van der Waals surface area contributed by atoms with Crippen molar-refractivity contribution in [2.45, 2.75) is 30.6 Å². The molecule has 20 heavy (non-hydrogen) atoms. The molecule has 1 unspecified atom stereocenters. The Kier molecular flexibility index (Phi) is 4.19. The highest BCUT2D eigenvalue weighted by atomic mass is 32.2. The van der Waals surface area contributed by atoms with Gasteiger partial charge in [-0.15, -0.1) is 0 Å². The van der Waals surface area contributed by atoms with Crippen LogP contribution in [0.3, 0.4) is 0 Å². The minimum atomic E-state index is -3.57. The van der Waals surface area contributed by atoms with Crippen LogP contribution in [0.15, 0.2) is 17.3 Å². The van der Waals surface area contributed by atoms with Gasteiger partial charge in [0.2, 0.25) is 0 Å². The molecule has 8 heteroatoms. The number of hydrogen-bond donors (Lipinski definition) is 0. The van der Waals surface area contributed by atoms with Gasteiger partial charge in [-0.2, -0.15) is 9.40 Å². The van der Waals surface area contributed by atoms with Crippen LogP contribution in [0.5, 0.6) is 0 Å². The summed E-state index contributed by atoms with van der Waals surface area (Å²) in [6, 6.07) is 1.50. The van der Waals surface area contributed by atoms with Gasteiger partial charge in [0.15, 0.2) is 5.03 Å². The summed E-state index contributed by atoms with van der Waals surface area (Å²) in [7, 11) is -0.383. The van der Waals surface area contributed by atoms with Crippen LogP contribution in [0, 0.1) is 0 Å². The average molecular weight is 303 g/mol. The lowest BCUT2D eigenvalue weighted by molar-refractivity contribution is -0.135. The van der Waals surface area contributed by atoms with E-state index in [1.807, 2.05) is 13.8 Å². The number of nitrogens with zero attached hydrogens (tertiary/aromatic N) is 3. The average Bonchev–Trinajstić information content (AvgIpc) is 2.74. The van der Waals surface area contributed by atoms with E-state index in [0.717, 1.165) is 0 Å². The first-order chi connectivity index (χ1) is 9.26. The van der Waals surface area contributed by atoms with Gasteiger partial charge in [0.05, 0.1) is 24.5 Å². The first-order valence-corrected chi connectivity index (χ1v) is 7.85. The molecule has 1 atom stereocenters. The smallest absolute Gasteiger partial charge is 0.260 e. The third-order valence-corrected chi connectivity index (χ3v) is 5.07. The number of rotatable bonds is 4. The van der Waals surface area contributed by atoms with Crippen LogP contribution in [0.1, 0.15) is 13.8 Å². The zero-order valence-electron chi connectivity index (χ0n) is 12.2. The second-order valence-corrected chi connectivity index (χ2v) is 7.43. The van der Waals surface area contributed by atoms with Crippen molar-refractivity contribution in [1.82, 2.24) is 14.1 Å². The topological polar surface area (TPSA) is 73.7 Å². The monoisotopic (exact) mass is 303 g/mol. The van der Waals surface area contributed by atoms with Crippen LogP contribution in [-0.4, -0.2) is 61.0 Å². The van der Waals surface area contributed by atoms with Crippen LogP contribution in [0.25, 0.3) is 0 Å². The molecule has 0 bridgehead atoms. The fourth-order valence-electron chi connectivity index (χ4n) is 2.44. The number of aromatic nitrogens is 2. The number of methoxy groups -OCH3 is 1. The van der Waals surface area contributed by atoms with Gasteiger partial charge in [-0.1, -0.05) is 0 Å². The first-order valence-electron chi connectivity index (χ1n) is 6.41. The van der Waals surface area contributed by atoms with Gasteiger partial charge >= 0.3 is 0 Å². The lowest BCUT2D eigenvalue weighted by Crippen LogP contribution is -2.55. The van der Waals surface area contributed by atoms with Gasteiger partial charge in [-0.25, -0.2) is 8.42 Å². The molecule has 1 saturated heterocycles. The van der Waals surface area contributed by atoms with E-state index in [0.29, 0.717) is 13.2 Å². The van der Waals surface area contributed by atoms with E-state index in [2.05, 4.69) is 5.10 Å². The van der Waals surface area contributed by atoms with Crippen molar-refractivity contribution in [2.24, 2.45) is 7.05 Å². The minimum absolute atomic E-state index is 0.186. The Labute approximate surface area is 119 Å². The Bertz CT molecular complexity index is 567. The maximum Gasteiger partial charge on any atom is 0.260 e. The second kappa shape index (κ2) is 5.44. The van der Waals surface area contributed by atoms with Crippen molar-refractivity contribution in [1.29, 1.82) is 0 Å². The first kappa shape index (κ1) is 15.4. The summed E-state index contributed by atoms with van der Waals surface area (Å²) in [4.78, 5) is 0. The molecule has 114 valence electrons. The molecule has 1 aromatic heterocycles. The molecule has 0 spiro atoms. The predicted octanol–water partition coefficient (Wildman–Crippen LogP) is 0.235. The summed E-state index contributed by atoms with van der Waals surface area (Å²) in [5, 5.41) is 4.11. The number of ether oxygens (including phenoxy) is 2. The Morgan fingerprint density at radius 1 is 1.55 bits per heavy atom. The fraction of sp³-hybridized carbons (Fsp3) is 0.750. The molecular weight excluding hydrogens is 282 g/mol. The second-order valence-electron chi connectivity index (χ2n) is 5.55. The molecule has 0 aliphatic carbocycles. The molecule has 0 radical (unpaired) electrons. The van der Waals surface area contributed by atoms with E-state index in [4.69, 9.17) is 9.47 Å². The van der Waals surface area contributed by atoms with Gasteiger partial charge in [0.25, 0.3) is 10.0 Å². The molecular formula is C12H21N3O4S. The van der Waals surface area contributed by atoms with Crippen molar-refractivity contribution in [3.05, 3.63) is 12.3 Å². The van der Waals surface area contributed by atoms with Crippen LogP contribution >= 0.6 is 0 Å². The van der Waals surface area contributed by atoms with E-state index in [1.165, 1.54) is 21.3 Å². The molecule has 7 nitrogen and oxygen atoms in total. The largest absolute Gasteiger partial charge is 0.382 e. The summed E-state index contributed by atoms with van der Waals surface area (Å²) in [5.41, 5.74) is -0.549. The molecule has 1 fully saturated rings. The van der Waals surface area contributed by atoms with E-state index < -0.39 is 15.6 Å². The van der Waals surface area contributed by atoms with Gasteiger partial charge in [0, 0.05) is 27.2 Å². The molecule has 0 amide bonds. The highest BCUT2D eigenvalue weighted by Crippen LogP contribution is 2.26. The molecule has 0 saturated carbocycles. The lowest BCUT2D eigenvalue weighted by atomic mass is 10.1. The molecule has 0 N–H and O–H groups in total. The van der Waals surface area contributed by atoms with Crippen LogP contribution in [0.4, 0.5) is 0 Å². The van der Waals surface area contributed by atoms with Crippen molar-refractivity contribution in [2.75, 3.05) is 26.8 Å². The Morgan fingerprint density at radius 2 is 2.25 bits per heavy atom. The molecule has 2 rings (SSSR count). The summed E-state index contributed by atoms with van der Waals surface area (Å²) in [6.07, 6.45) is 1.21. The lowest BCUT2D eigenvalue weighted by Gasteiger charge is -2.41. The summed E-state index contributed by atoms with van der Waals surface area (Å²) in [6.45, 7) is 4.70. The third kappa shape index (κ3) is 3.03. The molecule has 1 aromatic rings. The fourth-order valence-corrected chi connectivity index (χ4v) is 4.17. The van der Waals surface area contributed by atoms with Gasteiger partial charge in [0.1, 0.15) is 0 Å². The standard InChI is InChI=1S/C12H21N3O4S/c1-12(2)9-15(7-10(19-12)8-18-4)20(16,17)11-5-6-13-14(11)3/h5-6,10H,7-9H2,1-4H3. The maximum atomic E-state index is 12.7. The van der Waals surface area contributed by atoms with Crippen LogP contribution < -0.4 is 0 Å². The highest BCUT2D eigenvalue weighted by Gasteiger charge is 2.40. The van der Waals surface area contributed by atoms with Crippen molar-refractivity contribution < 1.29 is 17.9 Å². The summed E-state index contributed by atoms with van der Waals surface area (Å²) >= 11 is 0. The van der Waals surface area contributed by atoms with Gasteiger partial charge in [-0.05, 0) is 19.9 Å². The molecule has 0 aromatic carbocycles. The normalized spacial score (nSPS) is 23.9. The number of aryl methyl sites for hydroxylation is 1. The highest BCUT2D eigenvalue weighted by molar-refractivity contribution is 7.89. The Morgan fingerprint density at radius 3 is 2.80 bits per heavy atom. The van der Waals surface area contributed by atoms with Crippen molar-refractivity contribution in [3.63, 3.8) is 0 Å². The van der Waals surface area contributed by atoms with Crippen molar-refractivity contribution >= 4 is 10.0 Å². The predicted molar refractivity (Wildman–Crippen MR) is 72.8 cm³/mol. The summed E-state index contributed by atoms with van der Waals surface area (Å²) in [5.74, 6) is 0. The Balaban J connectivity index is 2.29. The van der Waals surface area contributed by atoms with E-state index >= 15 is 0 Å². The SMILES string of the molecule is COCC1CN(S(=O)(=O)c2ccnn2C)CC(C)(C)O1. The van der Waals surface area contributed by atoms with Gasteiger partial charge in [-0.3, -0.25) is 4.68 Å². The zero-order chi connectivity index (χ0) is 15.0. The maximum absolute atomic E-state index is 12.7. The molecule has 2 heterocycles. The molecule has 1 aliphatic heterocycles. The minimum Gasteiger partial charge on any atom is -0.382 e. The number of sulfonamides is 1. The van der Waals surface area contributed by atoms with E-state index in [9.17, 15) is 8.42 Å². The van der Waals surface area contributed by atoms with Crippen LogP contribution in [-0.2, 0) is 26.5 Å². The Hall–Kier alpha value is -0.960.